The molecule has 10 heteroatoms. The molecule has 0 bridgehead atoms. The fourth-order valence-corrected chi connectivity index (χ4v) is 4.19. The molecule has 10 nitrogen and oxygen atoms in total. The van der Waals surface area contributed by atoms with Crippen molar-refractivity contribution in [2.24, 2.45) is 0 Å². The average molecular weight is 479 g/mol. The lowest BCUT2D eigenvalue weighted by Crippen LogP contribution is -2.49. The van der Waals surface area contributed by atoms with Crippen molar-refractivity contribution in [3.8, 4) is 11.1 Å². The normalized spacial score (nSPS) is 13.9. The van der Waals surface area contributed by atoms with Crippen LogP contribution in [0.1, 0.15) is 29.2 Å². The number of amides is 2. The molecule has 0 spiro atoms. The smallest absolute Gasteiger partial charge is 0.407 e. The van der Waals surface area contributed by atoms with Crippen LogP contribution in [0.2, 0.25) is 0 Å². The van der Waals surface area contributed by atoms with Crippen molar-refractivity contribution in [3.05, 3.63) is 77.9 Å². The molecule has 0 fully saturated rings. The fourth-order valence-electron chi connectivity index (χ4n) is 4.19. The summed E-state index contributed by atoms with van der Waals surface area (Å²) in [6.07, 6.45) is 0.614. The first kappa shape index (κ1) is 24.0. The van der Waals surface area contributed by atoms with Crippen molar-refractivity contribution in [3.63, 3.8) is 0 Å². The summed E-state index contributed by atoms with van der Waals surface area (Å²) in [4.78, 5) is 42.9. The van der Waals surface area contributed by atoms with E-state index < -0.39 is 30.1 Å². The third kappa shape index (κ3) is 5.67. The van der Waals surface area contributed by atoms with E-state index in [1.807, 2.05) is 48.5 Å². The number of fused-ring (bicyclic) bond motifs is 3. The first-order valence-electron chi connectivity index (χ1n) is 11.2. The van der Waals surface area contributed by atoms with Crippen LogP contribution in [-0.2, 0) is 20.7 Å². The van der Waals surface area contributed by atoms with Crippen molar-refractivity contribution in [1.82, 2.24) is 20.6 Å². The van der Waals surface area contributed by atoms with Gasteiger partial charge in [0.1, 0.15) is 12.6 Å². The molecule has 3 aromatic rings. The van der Waals surface area contributed by atoms with Crippen LogP contribution in [0.4, 0.5) is 4.79 Å². The average Bonchev–Trinajstić information content (AvgIpc) is 3.48. The van der Waals surface area contributed by atoms with Gasteiger partial charge >= 0.3 is 12.1 Å². The Morgan fingerprint density at radius 1 is 1.06 bits per heavy atom. The molecule has 5 N–H and O–H groups in total. The number of carbonyl (C=O) groups is 3. The highest BCUT2D eigenvalue weighted by Gasteiger charge is 2.30. The highest BCUT2D eigenvalue weighted by atomic mass is 16.5. The Kier molecular flexibility index (Phi) is 7.41. The Labute approximate surface area is 201 Å². The van der Waals surface area contributed by atoms with E-state index in [0.717, 1.165) is 22.3 Å². The zero-order valence-corrected chi connectivity index (χ0v) is 18.8. The van der Waals surface area contributed by atoms with Gasteiger partial charge in [-0.25, -0.2) is 14.6 Å². The van der Waals surface area contributed by atoms with Crippen LogP contribution in [-0.4, -0.2) is 63.4 Å². The number of aliphatic hydroxyl groups excluding tert-OH is 1. The van der Waals surface area contributed by atoms with Crippen molar-refractivity contribution < 1.29 is 29.3 Å². The van der Waals surface area contributed by atoms with Crippen molar-refractivity contribution in [1.29, 1.82) is 0 Å². The molecule has 4 rings (SSSR count). The molecule has 1 aliphatic rings. The maximum Gasteiger partial charge on any atom is 0.407 e. The molecule has 0 saturated carbocycles. The number of aromatic amines is 1. The molecule has 1 unspecified atom stereocenters. The van der Waals surface area contributed by atoms with Gasteiger partial charge in [0, 0.05) is 37.2 Å². The predicted molar refractivity (Wildman–Crippen MR) is 126 cm³/mol. The zero-order valence-electron chi connectivity index (χ0n) is 18.8. The maximum absolute atomic E-state index is 12.7. The van der Waals surface area contributed by atoms with Gasteiger partial charge in [-0.05, 0) is 22.3 Å². The van der Waals surface area contributed by atoms with E-state index >= 15 is 0 Å². The number of carboxylic acids is 1. The summed E-state index contributed by atoms with van der Waals surface area (Å²) in [6.45, 7) is 0.0290. The van der Waals surface area contributed by atoms with Gasteiger partial charge in [0.25, 0.3) is 0 Å². The predicted octanol–water partition coefficient (Wildman–Crippen LogP) is 1.81. The highest BCUT2D eigenvalue weighted by molar-refractivity contribution is 5.86. The van der Waals surface area contributed by atoms with E-state index in [4.69, 9.17) is 9.84 Å². The molecule has 182 valence electrons. The number of alkyl carbamates (subject to hydrolysis) is 1. The lowest BCUT2D eigenvalue weighted by atomic mass is 9.98. The van der Waals surface area contributed by atoms with Crippen LogP contribution in [0.3, 0.4) is 0 Å². The molecule has 1 heterocycles. The number of hydrogen-bond donors (Lipinski definition) is 5. The largest absolute Gasteiger partial charge is 0.479 e. The first-order chi connectivity index (χ1) is 16.9. The number of carboxylic acid groups (broad SMARTS) is 1. The molecular weight excluding hydrogens is 452 g/mol. The molecule has 0 radical (unpaired) electrons. The summed E-state index contributed by atoms with van der Waals surface area (Å²) in [5.41, 5.74) is 4.99. The molecule has 1 aromatic heterocycles. The molecule has 2 aromatic carbocycles. The SMILES string of the molecule is O=C(N[C@@H](Cc1cnc[nH]1)C(=O)NCCC(O)C(=O)O)OCC1c2ccccc2-c2ccccc21. The number of rotatable bonds is 10. The van der Waals surface area contributed by atoms with Crippen LogP contribution in [0.5, 0.6) is 0 Å². The van der Waals surface area contributed by atoms with Crippen LogP contribution in [0, 0.1) is 0 Å². The topological polar surface area (TPSA) is 154 Å². The van der Waals surface area contributed by atoms with E-state index in [-0.39, 0.29) is 31.9 Å². The second kappa shape index (κ2) is 10.8. The Bertz CT molecular complexity index is 1150. The van der Waals surface area contributed by atoms with Crippen molar-refractivity contribution in [2.75, 3.05) is 13.2 Å². The van der Waals surface area contributed by atoms with E-state index in [1.54, 1.807) is 0 Å². The number of H-pyrrole nitrogens is 1. The van der Waals surface area contributed by atoms with Gasteiger partial charge in [0.15, 0.2) is 6.10 Å². The van der Waals surface area contributed by atoms with Crippen LogP contribution >= 0.6 is 0 Å². The molecule has 1 aliphatic carbocycles. The van der Waals surface area contributed by atoms with Crippen molar-refractivity contribution >= 4 is 18.0 Å². The lowest BCUT2D eigenvalue weighted by molar-refractivity contribution is -0.147. The monoisotopic (exact) mass is 478 g/mol. The molecule has 2 amide bonds. The quantitative estimate of drug-likeness (QED) is 0.298. The van der Waals surface area contributed by atoms with Crippen LogP contribution in [0.15, 0.2) is 61.1 Å². The van der Waals surface area contributed by atoms with E-state index in [0.29, 0.717) is 5.69 Å². The first-order valence-corrected chi connectivity index (χ1v) is 11.2. The summed E-state index contributed by atoms with van der Waals surface area (Å²) in [6, 6.07) is 15.0. The third-order valence-electron chi connectivity index (χ3n) is 5.93. The third-order valence-corrected chi connectivity index (χ3v) is 5.93. The molecule has 2 atom stereocenters. The summed E-state index contributed by atoms with van der Waals surface area (Å²) in [5.74, 6) is -2.03. The van der Waals surface area contributed by atoms with Gasteiger partial charge in [-0.1, -0.05) is 48.5 Å². The van der Waals surface area contributed by atoms with Gasteiger partial charge in [-0.15, -0.1) is 0 Å². The minimum atomic E-state index is -1.59. The summed E-state index contributed by atoms with van der Waals surface area (Å²) in [7, 11) is 0. The molecule has 35 heavy (non-hydrogen) atoms. The summed E-state index contributed by atoms with van der Waals surface area (Å²) in [5, 5.41) is 23.3. The number of imidazole rings is 1. The van der Waals surface area contributed by atoms with E-state index in [9.17, 15) is 19.5 Å². The Balaban J connectivity index is 1.39. The van der Waals surface area contributed by atoms with Gasteiger partial charge in [-0.2, -0.15) is 0 Å². The Hall–Kier alpha value is -4.18. The summed E-state index contributed by atoms with van der Waals surface area (Å²) >= 11 is 0. The maximum atomic E-state index is 12.7. The van der Waals surface area contributed by atoms with E-state index in [1.165, 1.54) is 12.5 Å². The number of ether oxygens (including phenoxy) is 1. The van der Waals surface area contributed by atoms with Gasteiger partial charge in [-0.3, -0.25) is 4.79 Å². The minimum absolute atomic E-state index is 0.0713. The minimum Gasteiger partial charge on any atom is -0.479 e. The van der Waals surface area contributed by atoms with Crippen molar-refractivity contribution in [2.45, 2.75) is 30.9 Å². The van der Waals surface area contributed by atoms with Gasteiger partial charge in [0.05, 0.1) is 6.33 Å². The van der Waals surface area contributed by atoms with Crippen LogP contribution < -0.4 is 10.6 Å². The number of carbonyl (C=O) groups excluding carboxylic acids is 2. The number of nitrogens with zero attached hydrogens (tertiary/aromatic N) is 1. The second-order valence-electron chi connectivity index (χ2n) is 8.24. The van der Waals surface area contributed by atoms with Gasteiger partial charge in [0.2, 0.25) is 5.91 Å². The zero-order chi connectivity index (χ0) is 24.8. The summed E-state index contributed by atoms with van der Waals surface area (Å²) < 4.78 is 5.54. The van der Waals surface area contributed by atoms with Gasteiger partial charge < -0.3 is 30.6 Å². The second-order valence-corrected chi connectivity index (χ2v) is 8.24. The number of benzene rings is 2. The lowest BCUT2D eigenvalue weighted by Gasteiger charge is -2.19. The number of aliphatic carboxylic acids is 1. The number of hydrogen-bond acceptors (Lipinski definition) is 6. The Morgan fingerprint density at radius 2 is 1.71 bits per heavy atom. The standard InChI is InChI=1S/C25H26N4O6/c30-22(24(32)33)9-10-27-23(31)21(11-15-12-26-14-28-15)29-25(34)35-13-20-18-7-3-1-5-16(18)17-6-2-4-8-19(17)20/h1-8,12,14,20-22,30H,9-11,13H2,(H,26,28)(H,27,31)(H,29,34)(H,32,33)/t21-,22?/m0/s1. The molecular formula is C25H26N4O6. The highest BCUT2D eigenvalue weighted by Crippen LogP contribution is 2.44. The Morgan fingerprint density at radius 3 is 2.31 bits per heavy atom. The molecule has 0 saturated heterocycles. The molecule has 0 aliphatic heterocycles. The van der Waals surface area contributed by atoms with E-state index in [2.05, 4.69) is 20.6 Å². The number of aromatic nitrogens is 2. The number of aliphatic hydroxyl groups is 1. The van der Waals surface area contributed by atoms with Crippen LogP contribution in [0.25, 0.3) is 11.1 Å². The number of nitrogens with one attached hydrogen (secondary N) is 3. The fraction of sp³-hybridized carbons (Fsp3) is 0.280.